The highest BCUT2D eigenvalue weighted by molar-refractivity contribution is 9.10. The second-order valence-corrected chi connectivity index (χ2v) is 9.56. The minimum atomic E-state index is -0.565. The zero-order valence-electron chi connectivity index (χ0n) is 18.1. The molecule has 1 fully saturated rings. The zero-order chi connectivity index (χ0) is 23.4. The minimum Gasteiger partial charge on any atom is -0.385 e. The third-order valence-electron chi connectivity index (χ3n) is 5.55. The van der Waals surface area contributed by atoms with E-state index < -0.39 is 6.04 Å². The molecule has 10 heteroatoms. The Hall–Kier alpha value is -2.82. The number of nitrogen functional groups attached to an aromatic ring is 1. The number of nitrogens with zero attached hydrogens (tertiary/aromatic N) is 4. The second kappa shape index (κ2) is 10.4. The number of halogens is 1. The summed E-state index contributed by atoms with van der Waals surface area (Å²) in [7, 11) is 1.59. The molecule has 2 N–H and O–H groups in total. The Balaban J connectivity index is 1.49. The van der Waals surface area contributed by atoms with E-state index in [1.165, 1.54) is 12.4 Å². The van der Waals surface area contributed by atoms with Gasteiger partial charge in [0.15, 0.2) is 0 Å². The molecule has 4 rings (SSSR count). The number of anilines is 1. The fourth-order valence-corrected chi connectivity index (χ4v) is 5.21. The predicted molar refractivity (Wildman–Crippen MR) is 132 cm³/mol. The summed E-state index contributed by atoms with van der Waals surface area (Å²) in [5.41, 5.74) is 7.60. The van der Waals surface area contributed by atoms with Gasteiger partial charge < -0.3 is 20.3 Å². The van der Waals surface area contributed by atoms with Crippen molar-refractivity contribution in [3.8, 4) is 0 Å². The van der Waals surface area contributed by atoms with Crippen molar-refractivity contribution in [2.45, 2.75) is 19.0 Å². The maximum absolute atomic E-state index is 13.3. The summed E-state index contributed by atoms with van der Waals surface area (Å²) < 4.78 is 6.19. The third-order valence-corrected chi connectivity index (χ3v) is 7.20. The monoisotopic (exact) mass is 529 g/mol. The van der Waals surface area contributed by atoms with Crippen LogP contribution in [0.25, 0.3) is 17.0 Å². The summed E-state index contributed by atoms with van der Waals surface area (Å²) in [5.74, 6) is 0.171. The lowest BCUT2D eigenvalue weighted by molar-refractivity contribution is -0.150. The number of ether oxygens (including phenoxy) is 1. The van der Waals surface area contributed by atoms with Gasteiger partial charge in [-0.25, -0.2) is 9.97 Å². The molecule has 33 heavy (non-hydrogen) atoms. The normalized spacial score (nSPS) is 16.8. The molecule has 2 amide bonds. The van der Waals surface area contributed by atoms with Crippen LogP contribution in [0.2, 0.25) is 0 Å². The average Bonchev–Trinajstić information content (AvgIpc) is 3.23. The molecule has 1 aliphatic rings. The van der Waals surface area contributed by atoms with Crippen LogP contribution in [0.1, 0.15) is 16.9 Å². The Morgan fingerprint density at radius 2 is 2.18 bits per heavy atom. The van der Waals surface area contributed by atoms with Gasteiger partial charge in [0.25, 0.3) is 0 Å². The van der Waals surface area contributed by atoms with Crippen LogP contribution in [0.4, 0.5) is 5.82 Å². The average molecular weight is 530 g/mol. The van der Waals surface area contributed by atoms with Gasteiger partial charge >= 0.3 is 0 Å². The van der Waals surface area contributed by atoms with E-state index in [2.05, 4.69) is 25.9 Å². The van der Waals surface area contributed by atoms with Crippen molar-refractivity contribution < 1.29 is 14.3 Å². The van der Waals surface area contributed by atoms with Gasteiger partial charge in [0, 0.05) is 66.0 Å². The number of carbonyl (C=O) groups excluding carboxylic acids is 2. The number of amides is 2. The fourth-order valence-electron chi connectivity index (χ4n) is 3.88. The molecule has 1 aromatic carbocycles. The van der Waals surface area contributed by atoms with E-state index >= 15 is 0 Å². The van der Waals surface area contributed by atoms with Crippen LogP contribution in [0.15, 0.2) is 46.5 Å². The van der Waals surface area contributed by atoms with E-state index in [9.17, 15) is 9.59 Å². The molecule has 1 atom stereocenters. The first-order valence-corrected chi connectivity index (χ1v) is 12.1. The van der Waals surface area contributed by atoms with Crippen molar-refractivity contribution in [1.82, 2.24) is 19.8 Å². The number of benzene rings is 1. The summed E-state index contributed by atoms with van der Waals surface area (Å²) in [6.45, 7) is 1.74. The van der Waals surface area contributed by atoms with Crippen LogP contribution in [-0.4, -0.2) is 64.4 Å². The first-order chi connectivity index (χ1) is 16.0. The fraction of sp³-hybridized carbons (Fsp3) is 0.304. The lowest BCUT2D eigenvalue weighted by Gasteiger charge is -2.40. The first-order valence-electron chi connectivity index (χ1n) is 10.5. The van der Waals surface area contributed by atoms with Crippen molar-refractivity contribution >= 4 is 61.9 Å². The van der Waals surface area contributed by atoms with Crippen LogP contribution in [-0.2, 0) is 20.9 Å². The van der Waals surface area contributed by atoms with Gasteiger partial charge in [-0.15, -0.1) is 11.3 Å². The topological polar surface area (TPSA) is 102 Å². The largest absolute Gasteiger partial charge is 0.385 e. The van der Waals surface area contributed by atoms with Crippen molar-refractivity contribution in [1.29, 1.82) is 0 Å². The first kappa shape index (κ1) is 23.3. The Kier molecular flexibility index (Phi) is 7.36. The smallest absolute Gasteiger partial charge is 0.247 e. The molecule has 0 bridgehead atoms. The Labute approximate surface area is 204 Å². The van der Waals surface area contributed by atoms with E-state index in [1.54, 1.807) is 34.3 Å². The van der Waals surface area contributed by atoms with Gasteiger partial charge in [0.2, 0.25) is 11.8 Å². The summed E-state index contributed by atoms with van der Waals surface area (Å²) in [6, 6.07) is 7.11. The quantitative estimate of drug-likeness (QED) is 0.471. The van der Waals surface area contributed by atoms with E-state index in [0.29, 0.717) is 38.5 Å². The van der Waals surface area contributed by atoms with Crippen molar-refractivity contribution in [3.63, 3.8) is 0 Å². The molecule has 0 aliphatic carbocycles. The van der Waals surface area contributed by atoms with E-state index in [-0.39, 0.29) is 11.8 Å². The maximum Gasteiger partial charge on any atom is 0.247 e. The molecule has 172 valence electrons. The molecule has 3 aromatic rings. The second-order valence-electron chi connectivity index (χ2n) is 7.70. The molecule has 8 nitrogen and oxygen atoms in total. The van der Waals surface area contributed by atoms with Crippen LogP contribution >= 0.6 is 27.3 Å². The number of carbonyl (C=O) groups is 2. The number of hydrogen-bond acceptors (Lipinski definition) is 7. The van der Waals surface area contributed by atoms with Gasteiger partial charge in [0.1, 0.15) is 18.2 Å². The lowest BCUT2D eigenvalue weighted by Crippen LogP contribution is -2.58. The molecular weight excluding hydrogens is 506 g/mol. The van der Waals surface area contributed by atoms with Gasteiger partial charge in [0.05, 0.1) is 5.52 Å². The number of aromatic nitrogens is 2. The van der Waals surface area contributed by atoms with E-state index in [1.807, 2.05) is 29.6 Å². The van der Waals surface area contributed by atoms with Crippen LogP contribution in [0.5, 0.6) is 0 Å². The number of nitrogens with two attached hydrogens (primary N) is 1. The Morgan fingerprint density at radius 1 is 1.33 bits per heavy atom. The highest BCUT2D eigenvalue weighted by atomic mass is 79.9. The highest BCUT2D eigenvalue weighted by Gasteiger charge is 2.36. The number of thiophene rings is 1. The SMILES string of the molecule is COCC[C@H]1C(=O)N(Cc2ccc3c(N)ncnc3c2)CCN1C(=O)C=Cc1cc(Br)cs1. The Bertz CT molecular complexity index is 1200. The molecule has 1 aliphatic heterocycles. The van der Waals surface area contributed by atoms with Crippen molar-refractivity contribution in [2.24, 2.45) is 0 Å². The molecule has 0 radical (unpaired) electrons. The highest BCUT2D eigenvalue weighted by Crippen LogP contribution is 2.23. The van der Waals surface area contributed by atoms with Crippen molar-refractivity contribution in [2.75, 3.05) is 32.5 Å². The summed E-state index contributed by atoms with van der Waals surface area (Å²) in [5, 5.41) is 2.74. The molecule has 3 heterocycles. The third kappa shape index (κ3) is 5.40. The van der Waals surface area contributed by atoms with E-state index in [0.717, 1.165) is 25.8 Å². The van der Waals surface area contributed by atoms with Gasteiger partial charge in [-0.1, -0.05) is 6.07 Å². The van der Waals surface area contributed by atoms with Crippen LogP contribution in [0, 0.1) is 0 Å². The summed E-state index contributed by atoms with van der Waals surface area (Å²) >= 11 is 4.96. The molecular formula is C23H24BrN5O3S. The molecule has 0 saturated carbocycles. The minimum absolute atomic E-state index is 0.0822. The van der Waals surface area contributed by atoms with Gasteiger partial charge in [-0.2, -0.15) is 0 Å². The molecule has 1 saturated heterocycles. The molecule has 0 unspecified atom stereocenters. The summed E-state index contributed by atoms with van der Waals surface area (Å²) in [6.07, 6.45) is 5.19. The number of piperazine rings is 1. The molecule has 0 spiro atoms. The van der Waals surface area contributed by atoms with Gasteiger partial charge in [-0.05, 0) is 45.8 Å². The number of fused-ring (bicyclic) bond motifs is 1. The number of methoxy groups -OCH3 is 1. The number of rotatable bonds is 7. The van der Waals surface area contributed by atoms with Crippen LogP contribution in [0.3, 0.4) is 0 Å². The van der Waals surface area contributed by atoms with Gasteiger partial charge in [-0.3, -0.25) is 9.59 Å². The lowest BCUT2D eigenvalue weighted by atomic mass is 10.1. The summed E-state index contributed by atoms with van der Waals surface area (Å²) in [4.78, 5) is 39.0. The van der Waals surface area contributed by atoms with E-state index in [4.69, 9.17) is 10.5 Å². The molecule has 2 aromatic heterocycles. The van der Waals surface area contributed by atoms with Crippen LogP contribution < -0.4 is 5.73 Å². The number of hydrogen-bond donors (Lipinski definition) is 1. The van der Waals surface area contributed by atoms with Crippen molar-refractivity contribution in [3.05, 3.63) is 57.0 Å². The zero-order valence-corrected chi connectivity index (χ0v) is 20.5. The standard InChI is InChI=1S/C23H24BrN5O3S/c1-32-9-6-20-23(31)28(12-15-2-4-18-19(10-15)26-14-27-22(18)25)7-8-29(20)21(30)5-3-17-11-16(24)13-33-17/h2-5,10-11,13-14,20H,6-9,12H2,1H3,(H2,25,26,27)/t20-/m0/s1. The maximum atomic E-state index is 13.3. The predicted octanol–water partition coefficient (Wildman–Crippen LogP) is 3.33. The Morgan fingerprint density at radius 3 is 2.94 bits per heavy atom.